The molecule has 0 radical (unpaired) electrons. The summed E-state index contributed by atoms with van der Waals surface area (Å²) in [6, 6.07) is 5.14. The Morgan fingerprint density at radius 2 is 1.84 bits per heavy atom. The Morgan fingerprint density at radius 1 is 1.26 bits per heavy atom. The third-order valence-corrected chi connectivity index (χ3v) is 3.14. The Balaban J connectivity index is 2.60. The second-order valence-corrected chi connectivity index (χ2v) is 5.84. The summed E-state index contributed by atoms with van der Waals surface area (Å²) in [5, 5.41) is 2.89. The van der Waals surface area contributed by atoms with Crippen LogP contribution in [0.3, 0.4) is 0 Å². The number of carbonyl (C=O) groups excluding carboxylic acids is 1. The summed E-state index contributed by atoms with van der Waals surface area (Å²) in [5.41, 5.74) is 0.545. The third kappa shape index (κ3) is 5.51. The van der Waals surface area contributed by atoms with Crippen LogP contribution < -0.4 is 14.8 Å². The van der Waals surface area contributed by atoms with E-state index < -0.39 is 0 Å². The molecule has 106 valence electrons. The van der Waals surface area contributed by atoms with Gasteiger partial charge in [-0.25, -0.2) is 0 Å². The molecule has 1 amide bonds. The molecule has 0 fully saturated rings. The average Bonchev–Trinajstić information content (AvgIpc) is 2.42. The van der Waals surface area contributed by atoms with Gasteiger partial charge in [-0.3, -0.25) is 4.79 Å². The molecule has 5 heteroatoms. The molecule has 0 bridgehead atoms. The van der Waals surface area contributed by atoms with Gasteiger partial charge in [0.25, 0.3) is 5.91 Å². The zero-order chi connectivity index (χ0) is 14.3. The molecule has 1 atom stereocenters. The monoisotopic (exact) mass is 329 g/mol. The van der Waals surface area contributed by atoms with Gasteiger partial charge in [-0.15, -0.1) is 0 Å². The molecule has 0 spiro atoms. The Labute approximate surface area is 122 Å². The lowest BCUT2D eigenvalue weighted by atomic mass is 10.2. The van der Waals surface area contributed by atoms with Gasteiger partial charge in [-0.05, 0) is 25.0 Å². The highest BCUT2D eigenvalue weighted by Gasteiger charge is 2.09. The van der Waals surface area contributed by atoms with Crippen LogP contribution in [0.4, 0.5) is 0 Å². The molecule has 0 saturated heterocycles. The van der Waals surface area contributed by atoms with E-state index in [2.05, 4.69) is 28.2 Å². The van der Waals surface area contributed by atoms with Crippen LogP contribution >= 0.6 is 15.9 Å². The van der Waals surface area contributed by atoms with Crippen molar-refractivity contribution in [2.45, 2.75) is 24.6 Å². The van der Waals surface area contributed by atoms with Crippen LogP contribution in [0.5, 0.6) is 11.5 Å². The van der Waals surface area contributed by atoms with Crippen LogP contribution in [0.1, 0.15) is 30.1 Å². The van der Waals surface area contributed by atoms with Gasteiger partial charge in [0.05, 0.1) is 14.2 Å². The summed E-state index contributed by atoms with van der Waals surface area (Å²) in [6.07, 6.45) is 1.97. The van der Waals surface area contributed by atoms with Crippen molar-refractivity contribution in [3.8, 4) is 11.5 Å². The minimum atomic E-state index is -0.112. The number of carbonyl (C=O) groups is 1. The van der Waals surface area contributed by atoms with Crippen molar-refractivity contribution < 1.29 is 14.3 Å². The summed E-state index contributed by atoms with van der Waals surface area (Å²) < 4.78 is 10.3. The minimum Gasteiger partial charge on any atom is -0.497 e. The first-order valence-electron chi connectivity index (χ1n) is 6.22. The minimum absolute atomic E-state index is 0.112. The number of methoxy groups -OCH3 is 2. The first kappa shape index (κ1) is 15.8. The quantitative estimate of drug-likeness (QED) is 0.618. The van der Waals surface area contributed by atoms with E-state index in [9.17, 15) is 4.79 Å². The summed E-state index contributed by atoms with van der Waals surface area (Å²) in [7, 11) is 3.13. The SMILES string of the molecule is COc1cc(OC)cc(C(=O)NCCCC(C)Br)c1. The van der Waals surface area contributed by atoms with Crippen LogP contribution in [-0.2, 0) is 0 Å². The van der Waals surface area contributed by atoms with Gasteiger partial charge in [0.1, 0.15) is 11.5 Å². The molecule has 1 unspecified atom stereocenters. The molecule has 0 saturated carbocycles. The number of nitrogens with one attached hydrogen (secondary N) is 1. The molecule has 1 rings (SSSR count). The number of amides is 1. The van der Waals surface area contributed by atoms with E-state index in [1.165, 1.54) is 0 Å². The molecule has 19 heavy (non-hydrogen) atoms. The van der Waals surface area contributed by atoms with E-state index in [0.717, 1.165) is 12.8 Å². The van der Waals surface area contributed by atoms with Crippen molar-refractivity contribution in [3.63, 3.8) is 0 Å². The Morgan fingerprint density at radius 3 is 2.32 bits per heavy atom. The summed E-state index contributed by atoms with van der Waals surface area (Å²) in [4.78, 5) is 12.5. The van der Waals surface area contributed by atoms with Crippen LogP contribution in [0, 0.1) is 0 Å². The van der Waals surface area contributed by atoms with Gasteiger partial charge in [0.2, 0.25) is 0 Å². The smallest absolute Gasteiger partial charge is 0.251 e. The summed E-state index contributed by atoms with van der Waals surface area (Å²) in [5.74, 6) is 1.11. The number of ether oxygens (including phenoxy) is 2. The second-order valence-electron chi connectivity index (χ2n) is 4.28. The van der Waals surface area contributed by atoms with Crippen molar-refractivity contribution in [2.75, 3.05) is 20.8 Å². The van der Waals surface area contributed by atoms with E-state index in [1.54, 1.807) is 32.4 Å². The molecule has 1 N–H and O–H groups in total. The van der Waals surface area contributed by atoms with Gasteiger partial charge in [-0.2, -0.15) is 0 Å². The van der Waals surface area contributed by atoms with Gasteiger partial charge >= 0.3 is 0 Å². The second kappa shape index (κ2) is 8.04. The fourth-order valence-electron chi connectivity index (χ4n) is 1.63. The number of alkyl halides is 1. The molecule has 0 heterocycles. The molecule has 0 aliphatic rings. The van der Waals surface area contributed by atoms with Gasteiger partial charge in [0.15, 0.2) is 0 Å². The predicted octanol–water partition coefficient (Wildman–Crippen LogP) is 3.00. The normalized spacial score (nSPS) is 11.8. The van der Waals surface area contributed by atoms with Crippen LogP contribution in [0.2, 0.25) is 0 Å². The highest BCUT2D eigenvalue weighted by molar-refractivity contribution is 9.09. The number of rotatable bonds is 7. The highest BCUT2D eigenvalue weighted by atomic mass is 79.9. The number of hydrogen-bond donors (Lipinski definition) is 1. The number of halogens is 1. The fourth-order valence-corrected chi connectivity index (χ4v) is 1.95. The summed E-state index contributed by atoms with van der Waals surface area (Å²) >= 11 is 3.48. The Hall–Kier alpha value is -1.23. The summed E-state index contributed by atoms with van der Waals surface area (Å²) in [6.45, 7) is 2.75. The predicted molar refractivity (Wildman–Crippen MR) is 79.5 cm³/mol. The van der Waals surface area contributed by atoms with Crippen molar-refractivity contribution in [1.82, 2.24) is 5.32 Å². The topological polar surface area (TPSA) is 47.6 Å². The van der Waals surface area contributed by atoms with E-state index in [1.807, 2.05) is 0 Å². The number of benzene rings is 1. The van der Waals surface area contributed by atoms with Crippen molar-refractivity contribution in [3.05, 3.63) is 23.8 Å². The fraction of sp³-hybridized carbons (Fsp3) is 0.500. The van der Waals surface area contributed by atoms with E-state index in [4.69, 9.17) is 9.47 Å². The molecule has 1 aromatic rings. The van der Waals surface area contributed by atoms with Crippen molar-refractivity contribution >= 4 is 21.8 Å². The highest BCUT2D eigenvalue weighted by Crippen LogP contribution is 2.22. The van der Waals surface area contributed by atoms with Crippen LogP contribution in [-0.4, -0.2) is 31.5 Å². The maximum atomic E-state index is 12.0. The molecule has 0 aromatic heterocycles. The van der Waals surface area contributed by atoms with E-state index in [-0.39, 0.29) is 5.91 Å². The Kier molecular flexibility index (Phi) is 6.70. The lowest BCUT2D eigenvalue weighted by Crippen LogP contribution is -2.24. The average molecular weight is 330 g/mol. The van der Waals surface area contributed by atoms with Gasteiger partial charge < -0.3 is 14.8 Å². The third-order valence-electron chi connectivity index (χ3n) is 2.68. The zero-order valence-electron chi connectivity index (χ0n) is 11.5. The first-order chi connectivity index (χ1) is 9.06. The molecular weight excluding hydrogens is 310 g/mol. The van der Waals surface area contributed by atoms with Crippen LogP contribution in [0.15, 0.2) is 18.2 Å². The Bertz CT molecular complexity index is 399. The molecule has 1 aromatic carbocycles. The maximum Gasteiger partial charge on any atom is 0.251 e. The van der Waals surface area contributed by atoms with Crippen molar-refractivity contribution in [1.29, 1.82) is 0 Å². The standard InChI is InChI=1S/C14H20BrNO3/c1-10(15)5-4-6-16-14(17)11-7-12(18-2)9-13(8-11)19-3/h7-10H,4-6H2,1-3H3,(H,16,17). The molecular formula is C14H20BrNO3. The maximum absolute atomic E-state index is 12.0. The van der Waals surface area contributed by atoms with Crippen LogP contribution in [0.25, 0.3) is 0 Å². The van der Waals surface area contributed by atoms with Gasteiger partial charge in [-0.1, -0.05) is 22.9 Å². The lowest BCUT2D eigenvalue weighted by molar-refractivity contribution is 0.0952. The zero-order valence-corrected chi connectivity index (χ0v) is 13.1. The van der Waals surface area contributed by atoms with E-state index in [0.29, 0.717) is 28.4 Å². The first-order valence-corrected chi connectivity index (χ1v) is 7.13. The number of hydrogen-bond acceptors (Lipinski definition) is 3. The lowest BCUT2D eigenvalue weighted by Gasteiger charge is -2.09. The van der Waals surface area contributed by atoms with Crippen molar-refractivity contribution in [2.24, 2.45) is 0 Å². The molecule has 0 aliphatic heterocycles. The van der Waals surface area contributed by atoms with E-state index >= 15 is 0 Å². The molecule has 4 nitrogen and oxygen atoms in total. The van der Waals surface area contributed by atoms with Gasteiger partial charge in [0, 0.05) is 23.0 Å². The largest absolute Gasteiger partial charge is 0.497 e. The molecule has 0 aliphatic carbocycles.